The molecule has 33 heavy (non-hydrogen) atoms. The van der Waals surface area contributed by atoms with E-state index < -0.39 is 38.6 Å². The van der Waals surface area contributed by atoms with E-state index in [1.165, 1.54) is 30.8 Å². The number of hydrogen-bond acceptors (Lipinski definition) is 7. The number of amides is 2. The van der Waals surface area contributed by atoms with Gasteiger partial charge in [-0.1, -0.05) is 36.0 Å². The normalized spacial score (nSPS) is 12.2. The topological polar surface area (TPSA) is 135 Å². The Morgan fingerprint density at radius 3 is 2.45 bits per heavy atom. The van der Waals surface area contributed by atoms with Crippen LogP contribution in [0.3, 0.4) is 0 Å². The molecule has 0 aliphatic carbocycles. The number of carbonyl (C=O) groups excluding carboxylic acids is 2. The van der Waals surface area contributed by atoms with E-state index in [0.29, 0.717) is 11.3 Å². The number of thioether (sulfide) groups is 1. The zero-order chi connectivity index (χ0) is 24.0. The van der Waals surface area contributed by atoms with Crippen molar-refractivity contribution in [2.24, 2.45) is 7.05 Å². The van der Waals surface area contributed by atoms with Crippen molar-refractivity contribution < 1.29 is 22.4 Å². The molecular weight excluding hydrogens is 471 g/mol. The molecule has 0 radical (unpaired) electrons. The molecule has 174 valence electrons. The second kappa shape index (κ2) is 10.6. The van der Waals surface area contributed by atoms with Crippen molar-refractivity contribution in [3.8, 4) is 0 Å². The number of aromatic nitrogens is 3. The predicted molar refractivity (Wildman–Crippen MR) is 119 cm³/mol. The maximum absolute atomic E-state index is 13.8. The van der Waals surface area contributed by atoms with Crippen LogP contribution in [0.1, 0.15) is 22.8 Å². The highest BCUT2D eigenvalue weighted by molar-refractivity contribution is 7.98. The van der Waals surface area contributed by atoms with Crippen LogP contribution in [0.2, 0.25) is 0 Å². The molecule has 0 saturated heterocycles. The van der Waals surface area contributed by atoms with E-state index in [1.54, 1.807) is 35.2 Å². The van der Waals surface area contributed by atoms with Crippen LogP contribution in [0.5, 0.6) is 0 Å². The van der Waals surface area contributed by atoms with Crippen LogP contribution in [0.4, 0.5) is 4.39 Å². The Bertz CT molecular complexity index is 1250. The van der Waals surface area contributed by atoms with E-state index in [-0.39, 0.29) is 0 Å². The number of sulfonamides is 1. The summed E-state index contributed by atoms with van der Waals surface area (Å²) in [5.74, 6) is -1.71. The molecule has 0 saturated carbocycles. The van der Waals surface area contributed by atoms with Gasteiger partial charge in [0.05, 0.1) is 6.04 Å². The molecule has 0 fully saturated rings. The first kappa shape index (κ1) is 24.4. The number of nitrogens with zero attached hydrogens (tertiary/aromatic N) is 3. The fourth-order valence-electron chi connectivity index (χ4n) is 2.61. The largest absolute Gasteiger partial charge is 0.312 e. The Morgan fingerprint density at radius 2 is 1.82 bits per heavy atom. The first-order chi connectivity index (χ1) is 15.7. The summed E-state index contributed by atoms with van der Waals surface area (Å²) in [6.45, 7) is 1.27. The van der Waals surface area contributed by atoms with Gasteiger partial charge < -0.3 is 4.57 Å². The molecule has 13 heteroatoms. The fourth-order valence-corrected chi connectivity index (χ4v) is 4.74. The van der Waals surface area contributed by atoms with Crippen LogP contribution in [-0.2, 0) is 27.6 Å². The van der Waals surface area contributed by atoms with Crippen LogP contribution >= 0.6 is 11.8 Å². The molecule has 2 aromatic carbocycles. The molecule has 0 spiro atoms. The lowest BCUT2D eigenvalue weighted by molar-refractivity contribution is -0.123. The van der Waals surface area contributed by atoms with Crippen molar-refractivity contribution in [2.45, 2.75) is 28.8 Å². The Kier molecular flexibility index (Phi) is 7.79. The summed E-state index contributed by atoms with van der Waals surface area (Å²) in [5.41, 5.74) is 5.63. The average Bonchev–Trinajstić information content (AvgIpc) is 3.20. The van der Waals surface area contributed by atoms with E-state index in [9.17, 15) is 22.4 Å². The minimum atomic E-state index is -4.27. The Morgan fingerprint density at radius 1 is 1.12 bits per heavy atom. The number of benzene rings is 2. The highest BCUT2D eigenvalue weighted by Gasteiger charge is 2.24. The highest BCUT2D eigenvalue weighted by Crippen LogP contribution is 2.20. The molecule has 0 aliphatic heterocycles. The number of halogens is 1. The average molecular weight is 493 g/mol. The van der Waals surface area contributed by atoms with Gasteiger partial charge in [-0.05, 0) is 36.8 Å². The van der Waals surface area contributed by atoms with Crippen molar-refractivity contribution in [3.05, 3.63) is 71.8 Å². The minimum absolute atomic E-state index is 0.294. The first-order valence-corrected chi connectivity index (χ1v) is 12.1. The van der Waals surface area contributed by atoms with E-state index in [1.807, 2.05) is 7.05 Å². The van der Waals surface area contributed by atoms with Gasteiger partial charge in [0, 0.05) is 18.4 Å². The minimum Gasteiger partial charge on any atom is -0.312 e. The SMILES string of the molecule is C[C@H](NS(=O)(=O)c1ccccc1F)C(=O)NNC(=O)c1ccc(CSc2nncn2C)cc1. The molecule has 1 atom stereocenters. The van der Waals surface area contributed by atoms with Gasteiger partial charge >= 0.3 is 0 Å². The molecule has 1 aromatic heterocycles. The maximum atomic E-state index is 13.8. The highest BCUT2D eigenvalue weighted by atomic mass is 32.2. The van der Waals surface area contributed by atoms with Crippen LogP contribution in [0.25, 0.3) is 0 Å². The summed E-state index contributed by atoms with van der Waals surface area (Å²) in [7, 11) is -2.42. The zero-order valence-corrected chi connectivity index (χ0v) is 19.3. The number of aryl methyl sites for hydroxylation is 1. The molecule has 0 aliphatic rings. The van der Waals surface area contributed by atoms with Crippen molar-refractivity contribution in [2.75, 3.05) is 0 Å². The Hall–Kier alpha value is -3.29. The van der Waals surface area contributed by atoms with Crippen molar-refractivity contribution >= 4 is 33.6 Å². The molecule has 3 rings (SSSR count). The van der Waals surface area contributed by atoms with E-state index in [2.05, 4.69) is 25.8 Å². The number of hydrazine groups is 1. The van der Waals surface area contributed by atoms with Crippen LogP contribution < -0.4 is 15.6 Å². The summed E-state index contributed by atoms with van der Waals surface area (Å²) in [6, 6.07) is 10.3. The van der Waals surface area contributed by atoms with Gasteiger partial charge in [0.15, 0.2) is 5.16 Å². The van der Waals surface area contributed by atoms with Crippen LogP contribution in [-0.4, -0.2) is 41.0 Å². The molecule has 0 unspecified atom stereocenters. The van der Waals surface area contributed by atoms with Gasteiger partial charge in [-0.25, -0.2) is 12.8 Å². The summed E-state index contributed by atoms with van der Waals surface area (Å²) in [4.78, 5) is 23.9. The van der Waals surface area contributed by atoms with Gasteiger partial charge in [-0.15, -0.1) is 10.2 Å². The third-order valence-corrected chi connectivity index (χ3v) is 7.08. The standard InChI is InChI=1S/C20H21FN6O4S2/c1-13(26-33(30,31)17-6-4-3-5-16(17)21)18(28)23-24-19(29)15-9-7-14(8-10-15)11-32-20-25-22-12-27(20)2/h3-10,12-13,26H,11H2,1-2H3,(H,23,28)(H,24,29)/t13-/m0/s1. The molecule has 2 amide bonds. The predicted octanol–water partition coefficient (Wildman–Crippen LogP) is 1.37. The smallest absolute Gasteiger partial charge is 0.269 e. The molecule has 1 heterocycles. The fraction of sp³-hybridized carbons (Fsp3) is 0.200. The summed E-state index contributed by atoms with van der Waals surface area (Å²) >= 11 is 1.49. The molecule has 3 aromatic rings. The van der Waals surface area contributed by atoms with Crippen molar-refractivity contribution in [3.63, 3.8) is 0 Å². The lowest BCUT2D eigenvalue weighted by Gasteiger charge is -2.15. The van der Waals surface area contributed by atoms with Crippen molar-refractivity contribution in [1.29, 1.82) is 0 Å². The molecular formula is C20H21FN6O4S2. The Balaban J connectivity index is 1.50. The van der Waals surface area contributed by atoms with Gasteiger partial charge in [0.1, 0.15) is 17.0 Å². The molecule has 0 bridgehead atoms. The lowest BCUT2D eigenvalue weighted by Crippen LogP contribution is -2.51. The van der Waals surface area contributed by atoms with E-state index >= 15 is 0 Å². The first-order valence-electron chi connectivity index (χ1n) is 9.60. The van der Waals surface area contributed by atoms with Gasteiger partial charge in [0.25, 0.3) is 11.8 Å². The zero-order valence-electron chi connectivity index (χ0n) is 17.6. The van der Waals surface area contributed by atoms with Gasteiger partial charge in [0.2, 0.25) is 10.0 Å². The van der Waals surface area contributed by atoms with E-state index in [4.69, 9.17) is 0 Å². The molecule has 3 N–H and O–H groups in total. The lowest BCUT2D eigenvalue weighted by atomic mass is 10.1. The Labute approximate surface area is 194 Å². The monoisotopic (exact) mass is 492 g/mol. The van der Waals surface area contributed by atoms with Crippen LogP contribution in [0.15, 0.2) is 64.9 Å². The third-order valence-electron chi connectivity index (χ3n) is 4.40. The molecule has 10 nitrogen and oxygen atoms in total. The number of nitrogens with one attached hydrogen (secondary N) is 3. The third kappa shape index (κ3) is 6.37. The maximum Gasteiger partial charge on any atom is 0.269 e. The second-order valence-electron chi connectivity index (χ2n) is 6.93. The van der Waals surface area contributed by atoms with E-state index in [0.717, 1.165) is 22.9 Å². The van der Waals surface area contributed by atoms with Gasteiger partial charge in [-0.3, -0.25) is 20.4 Å². The second-order valence-corrected chi connectivity index (χ2v) is 9.55. The van der Waals surface area contributed by atoms with Crippen LogP contribution in [0, 0.1) is 5.82 Å². The van der Waals surface area contributed by atoms with Gasteiger partial charge in [-0.2, -0.15) is 4.72 Å². The summed E-state index contributed by atoms with van der Waals surface area (Å²) in [6.07, 6.45) is 1.61. The summed E-state index contributed by atoms with van der Waals surface area (Å²) < 4.78 is 42.2. The number of hydrogen-bond donors (Lipinski definition) is 3. The quantitative estimate of drug-likeness (QED) is 0.319. The number of carbonyl (C=O) groups is 2. The summed E-state index contributed by atoms with van der Waals surface area (Å²) in [5, 5.41) is 8.56. The van der Waals surface area contributed by atoms with Crippen molar-refractivity contribution in [1.82, 2.24) is 30.3 Å². The number of rotatable bonds is 8.